The van der Waals surface area contributed by atoms with Crippen molar-refractivity contribution in [3.8, 4) is 11.3 Å². The molecular weight excluding hydrogens is 351 g/mol. The summed E-state index contributed by atoms with van der Waals surface area (Å²) >= 11 is 13.7. The van der Waals surface area contributed by atoms with Crippen LogP contribution in [-0.4, -0.2) is 15.7 Å². The Morgan fingerprint density at radius 3 is 2.61 bits per heavy atom. The van der Waals surface area contributed by atoms with Crippen LogP contribution in [0.25, 0.3) is 11.3 Å². The van der Waals surface area contributed by atoms with Crippen molar-refractivity contribution in [2.45, 2.75) is 10.6 Å². The Kier molecular flexibility index (Phi) is 3.68. The van der Waals surface area contributed by atoms with Gasteiger partial charge in [-0.3, -0.25) is 4.79 Å². The average Bonchev–Trinajstić information content (AvgIpc) is 2.99. The number of halogens is 2. The molecule has 2 aromatic carbocycles. The molecule has 0 radical (unpaired) electrons. The zero-order valence-electron chi connectivity index (χ0n) is 11.8. The van der Waals surface area contributed by atoms with Gasteiger partial charge in [0.15, 0.2) is 0 Å². The standard InChI is InChI=1S/C17H10Cl2N2OS/c18-12-3-1-10(2-4-12)17(22)21-8-11-9-23-15-6-5-13(19)7-14(15)16(11)20-21/h1-8H,9H2. The number of carbonyl (C=O) groups excluding carboxylic acids is 1. The molecule has 3 aromatic rings. The van der Waals surface area contributed by atoms with Crippen molar-refractivity contribution < 1.29 is 4.79 Å². The molecule has 6 heteroatoms. The van der Waals surface area contributed by atoms with E-state index in [2.05, 4.69) is 5.10 Å². The Bertz CT molecular complexity index is 919. The molecule has 114 valence electrons. The highest BCUT2D eigenvalue weighted by molar-refractivity contribution is 7.98. The molecule has 0 saturated carbocycles. The van der Waals surface area contributed by atoms with Gasteiger partial charge in [0.25, 0.3) is 5.91 Å². The van der Waals surface area contributed by atoms with Crippen molar-refractivity contribution in [2.24, 2.45) is 0 Å². The second kappa shape index (κ2) is 5.71. The summed E-state index contributed by atoms with van der Waals surface area (Å²) < 4.78 is 1.39. The van der Waals surface area contributed by atoms with Crippen LogP contribution in [0.1, 0.15) is 15.9 Å². The molecule has 0 bridgehead atoms. The lowest BCUT2D eigenvalue weighted by molar-refractivity contribution is 0.0945. The minimum absolute atomic E-state index is 0.176. The van der Waals surface area contributed by atoms with Gasteiger partial charge >= 0.3 is 0 Å². The smallest absolute Gasteiger partial charge is 0.267 e. The van der Waals surface area contributed by atoms with Crippen LogP contribution in [0, 0.1) is 0 Å². The first-order valence-corrected chi connectivity index (χ1v) is 8.67. The van der Waals surface area contributed by atoms with E-state index in [0.717, 1.165) is 27.5 Å². The lowest BCUT2D eigenvalue weighted by Gasteiger charge is -2.14. The van der Waals surface area contributed by atoms with Gasteiger partial charge in [-0.25, -0.2) is 4.68 Å². The summed E-state index contributed by atoms with van der Waals surface area (Å²) in [5.74, 6) is 0.613. The summed E-state index contributed by atoms with van der Waals surface area (Å²) in [6.45, 7) is 0. The summed E-state index contributed by atoms with van der Waals surface area (Å²) in [6, 6.07) is 12.5. The second-order valence-corrected chi connectivity index (χ2v) is 7.08. The van der Waals surface area contributed by atoms with E-state index < -0.39 is 0 Å². The Morgan fingerprint density at radius 2 is 1.83 bits per heavy atom. The van der Waals surface area contributed by atoms with Gasteiger partial charge in [-0.1, -0.05) is 23.2 Å². The molecule has 0 N–H and O–H groups in total. The molecule has 2 heterocycles. The van der Waals surface area contributed by atoms with Crippen molar-refractivity contribution in [3.05, 3.63) is 69.8 Å². The topological polar surface area (TPSA) is 34.9 Å². The number of fused-ring (bicyclic) bond motifs is 3. The van der Waals surface area contributed by atoms with E-state index in [9.17, 15) is 4.79 Å². The van der Waals surface area contributed by atoms with Crippen molar-refractivity contribution in [1.82, 2.24) is 9.78 Å². The molecule has 0 unspecified atom stereocenters. The molecule has 1 aromatic heterocycles. The van der Waals surface area contributed by atoms with Crippen LogP contribution >= 0.6 is 35.0 Å². The number of benzene rings is 2. The summed E-state index contributed by atoms with van der Waals surface area (Å²) in [4.78, 5) is 13.7. The zero-order valence-corrected chi connectivity index (χ0v) is 14.1. The van der Waals surface area contributed by atoms with Crippen LogP contribution in [-0.2, 0) is 5.75 Å². The van der Waals surface area contributed by atoms with Gasteiger partial charge in [-0.15, -0.1) is 11.8 Å². The Hall–Kier alpha value is -1.75. The van der Waals surface area contributed by atoms with Crippen LogP contribution in [0.15, 0.2) is 53.6 Å². The largest absolute Gasteiger partial charge is 0.278 e. The number of hydrogen-bond acceptors (Lipinski definition) is 3. The first-order chi connectivity index (χ1) is 11.1. The third kappa shape index (κ3) is 2.67. The van der Waals surface area contributed by atoms with Crippen LogP contribution in [0.3, 0.4) is 0 Å². The number of rotatable bonds is 1. The minimum Gasteiger partial charge on any atom is -0.267 e. The van der Waals surface area contributed by atoms with E-state index in [1.807, 2.05) is 18.2 Å². The average molecular weight is 361 g/mol. The van der Waals surface area contributed by atoms with Gasteiger partial charge in [0.1, 0.15) is 0 Å². The number of hydrogen-bond donors (Lipinski definition) is 0. The van der Waals surface area contributed by atoms with Crippen molar-refractivity contribution in [1.29, 1.82) is 0 Å². The Morgan fingerprint density at radius 1 is 1.09 bits per heavy atom. The van der Waals surface area contributed by atoms with Crippen LogP contribution in [0.5, 0.6) is 0 Å². The summed E-state index contributed by atoms with van der Waals surface area (Å²) in [6.07, 6.45) is 1.79. The van der Waals surface area contributed by atoms with Crippen molar-refractivity contribution >= 4 is 40.9 Å². The molecule has 1 aliphatic heterocycles. The fraction of sp³-hybridized carbons (Fsp3) is 0.0588. The van der Waals surface area contributed by atoms with Gasteiger partial charge < -0.3 is 0 Å². The molecule has 3 nitrogen and oxygen atoms in total. The lowest BCUT2D eigenvalue weighted by atomic mass is 10.1. The Balaban J connectivity index is 1.77. The summed E-state index contributed by atoms with van der Waals surface area (Å²) in [7, 11) is 0. The fourth-order valence-corrected chi connectivity index (χ4v) is 3.84. The molecule has 0 fully saturated rings. The molecule has 0 spiro atoms. The highest BCUT2D eigenvalue weighted by Gasteiger charge is 2.22. The van der Waals surface area contributed by atoms with Crippen LogP contribution < -0.4 is 0 Å². The second-order valence-electron chi connectivity index (χ2n) is 5.19. The number of aromatic nitrogens is 2. The van der Waals surface area contributed by atoms with Gasteiger partial charge in [-0.2, -0.15) is 5.10 Å². The normalized spacial score (nSPS) is 12.6. The molecule has 0 saturated heterocycles. The summed E-state index contributed by atoms with van der Waals surface area (Å²) in [5, 5.41) is 5.76. The minimum atomic E-state index is -0.176. The molecule has 23 heavy (non-hydrogen) atoms. The SMILES string of the molecule is O=C(c1ccc(Cl)cc1)n1cc2c(n1)-c1cc(Cl)ccc1SC2. The van der Waals surface area contributed by atoms with Gasteiger partial charge in [0.2, 0.25) is 0 Å². The summed E-state index contributed by atoms with van der Waals surface area (Å²) in [5.41, 5.74) is 3.38. The molecule has 1 aliphatic rings. The molecule has 0 atom stereocenters. The van der Waals surface area contributed by atoms with Gasteiger partial charge in [-0.05, 0) is 42.5 Å². The van der Waals surface area contributed by atoms with Gasteiger partial charge in [0, 0.05) is 43.6 Å². The predicted molar refractivity (Wildman–Crippen MR) is 93.4 cm³/mol. The number of carbonyl (C=O) groups is 1. The first kappa shape index (κ1) is 14.8. The molecule has 0 aliphatic carbocycles. The maximum Gasteiger partial charge on any atom is 0.278 e. The maximum absolute atomic E-state index is 12.6. The zero-order chi connectivity index (χ0) is 16.0. The monoisotopic (exact) mass is 360 g/mol. The van der Waals surface area contributed by atoms with Gasteiger partial charge in [0.05, 0.1) is 5.69 Å². The van der Waals surface area contributed by atoms with E-state index in [1.165, 1.54) is 4.68 Å². The van der Waals surface area contributed by atoms with Crippen molar-refractivity contribution in [2.75, 3.05) is 0 Å². The predicted octanol–water partition coefficient (Wildman–Crippen LogP) is 5.15. The molecule has 4 rings (SSSR count). The number of thioether (sulfide) groups is 1. The molecular formula is C17H10Cl2N2OS. The van der Waals surface area contributed by atoms with E-state index in [0.29, 0.717) is 15.6 Å². The highest BCUT2D eigenvalue weighted by Crippen LogP contribution is 2.41. The molecule has 0 amide bonds. The van der Waals surface area contributed by atoms with E-state index in [4.69, 9.17) is 23.2 Å². The maximum atomic E-state index is 12.6. The lowest BCUT2D eigenvalue weighted by Crippen LogP contribution is -2.12. The van der Waals surface area contributed by atoms with E-state index in [1.54, 1.807) is 42.2 Å². The van der Waals surface area contributed by atoms with Crippen molar-refractivity contribution in [3.63, 3.8) is 0 Å². The first-order valence-electron chi connectivity index (χ1n) is 6.93. The Labute approximate surface area is 147 Å². The quantitative estimate of drug-likeness (QED) is 0.601. The third-order valence-electron chi connectivity index (χ3n) is 3.67. The van der Waals surface area contributed by atoms with E-state index >= 15 is 0 Å². The van der Waals surface area contributed by atoms with Crippen LogP contribution in [0.4, 0.5) is 0 Å². The fourth-order valence-electron chi connectivity index (χ4n) is 2.54. The number of nitrogens with zero attached hydrogens (tertiary/aromatic N) is 2. The van der Waals surface area contributed by atoms with Crippen LogP contribution in [0.2, 0.25) is 10.0 Å². The van der Waals surface area contributed by atoms with E-state index in [-0.39, 0.29) is 5.91 Å². The highest BCUT2D eigenvalue weighted by atomic mass is 35.5. The third-order valence-corrected chi connectivity index (χ3v) is 5.28.